The third-order valence-electron chi connectivity index (χ3n) is 4.81. The molecule has 4 rings (SSSR count). The molecule has 1 aromatic carbocycles. The first-order chi connectivity index (χ1) is 13.0. The lowest BCUT2D eigenvalue weighted by molar-refractivity contribution is 0.566. The van der Waals surface area contributed by atoms with Crippen molar-refractivity contribution in [2.24, 2.45) is 0 Å². The van der Waals surface area contributed by atoms with Crippen LogP contribution < -0.4 is 10.2 Å². The van der Waals surface area contributed by atoms with Gasteiger partial charge in [0.2, 0.25) is 5.95 Å². The number of aromatic nitrogens is 3. The SMILES string of the molecule is CC(C)(C)c1cccc(CNc2nccc(N3Cc4ccccc4C3)n2)n1. The summed E-state index contributed by atoms with van der Waals surface area (Å²) in [6.07, 6.45) is 1.81. The topological polar surface area (TPSA) is 53.9 Å². The van der Waals surface area contributed by atoms with Crippen molar-refractivity contribution in [1.29, 1.82) is 0 Å². The van der Waals surface area contributed by atoms with E-state index in [1.54, 1.807) is 0 Å². The Kier molecular flexibility index (Phi) is 4.52. The van der Waals surface area contributed by atoms with E-state index in [4.69, 9.17) is 9.97 Å². The second kappa shape index (κ2) is 6.99. The molecular formula is C22H25N5. The lowest BCUT2D eigenvalue weighted by Crippen LogP contribution is -2.17. The Hall–Kier alpha value is -2.95. The van der Waals surface area contributed by atoms with Gasteiger partial charge < -0.3 is 10.2 Å². The van der Waals surface area contributed by atoms with Crippen LogP contribution in [-0.4, -0.2) is 15.0 Å². The molecule has 0 bridgehead atoms. The minimum Gasteiger partial charge on any atom is -0.349 e. The summed E-state index contributed by atoms with van der Waals surface area (Å²) in [5.41, 5.74) is 4.86. The lowest BCUT2D eigenvalue weighted by Gasteiger charge is -2.19. The van der Waals surface area contributed by atoms with Gasteiger partial charge in [-0.1, -0.05) is 51.1 Å². The van der Waals surface area contributed by atoms with Crippen LogP contribution in [0.1, 0.15) is 43.3 Å². The van der Waals surface area contributed by atoms with Crippen LogP contribution in [0.4, 0.5) is 11.8 Å². The van der Waals surface area contributed by atoms with E-state index in [2.05, 4.69) is 72.4 Å². The van der Waals surface area contributed by atoms with Gasteiger partial charge in [-0.25, -0.2) is 4.98 Å². The van der Waals surface area contributed by atoms with Gasteiger partial charge in [0.1, 0.15) is 5.82 Å². The van der Waals surface area contributed by atoms with Crippen molar-refractivity contribution in [3.8, 4) is 0 Å². The molecule has 1 N–H and O–H groups in total. The van der Waals surface area contributed by atoms with Crippen LogP contribution in [0, 0.1) is 0 Å². The maximum atomic E-state index is 4.76. The zero-order valence-electron chi connectivity index (χ0n) is 16.1. The Morgan fingerprint density at radius 2 is 1.67 bits per heavy atom. The van der Waals surface area contributed by atoms with E-state index in [9.17, 15) is 0 Å². The Morgan fingerprint density at radius 3 is 2.37 bits per heavy atom. The zero-order valence-corrected chi connectivity index (χ0v) is 16.1. The second-order valence-electron chi connectivity index (χ2n) is 7.98. The van der Waals surface area contributed by atoms with Gasteiger partial charge in [-0.2, -0.15) is 4.98 Å². The summed E-state index contributed by atoms with van der Waals surface area (Å²) >= 11 is 0. The highest BCUT2D eigenvalue weighted by molar-refractivity contribution is 5.48. The number of fused-ring (bicyclic) bond motifs is 1. The number of pyridine rings is 1. The first-order valence-corrected chi connectivity index (χ1v) is 9.34. The van der Waals surface area contributed by atoms with E-state index in [0.717, 1.165) is 30.3 Å². The molecule has 0 unspecified atom stereocenters. The molecule has 0 fully saturated rings. The summed E-state index contributed by atoms with van der Waals surface area (Å²) in [5, 5.41) is 3.31. The predicted molar refractivity (Wildman–Crippen MR) is 109 cm³/mol. The van der Waals surface area contributed by atoms with Crippen molar-refractivity contribution >= 4 is 11.8 Å². The fourth-order valence-electron chi connectivity index (χ4n) is 3.27. The number of nitrogens with zero attached hydrogens (tertiary/aromatic N) is 4. The molecule has 1 aliphatic heterocycles. The van der Waals surface area contributed by atoms with Crippen molar-refractivity contribution < 1.29 is 0 Å². The van der Waals surface area contributed by atoms with Crippen molar-refractivity contribution in [3.63, 3.8) is 0 Å². The van der Waals surface area contributed by atoms with E-state index in [1.807, 2.05) is 18.3 Å². The summed E-state index contributed by atoms with van der Waals surface area (Å²) in [4.78, 5) is 16.1. The number of anilines is 2. The standard InChI is InChI=1S/C22H25N5/c1-22(2,3)19-10-6-9-18(25-19)13-24-21-23-12-11-20(26-21)27-14-16-7-4-5-8-17(16)15-27/h4-12H,13-15H2,1-3H3,(H,23,24,26). The summed E-state index contributed by atoms with van der Waals surface area (Å²) in [7, 11) is 0. The highest BCUT2D eigenvalue weighted by atomic mass is 15.2. The maximum absolute atomic E-state index is 4.76. The second-order valence-corrected chi connectivity index (χ2v) is 7.98. The Bertz CT molecular complexity index is 920. The maximum Gasteiger partial charge on any atom is 0.224 e. The molecule has 0 atom stereocenters. The average Bonchev–Trinajstić information content (AvgIpc) is 3.10. The smallest absolute Gasteiger partial charge is 0.224 e. The van der Waals surface area contributed by atoms with Gasteiger partial charge in [0.25, 0.3) is 0 Å². The average molecular weight is 359 g/mol. The molecule has 0 saturated heterocycles. The molecule has 0 radical (unpaired) electrons. The largest absolute Gasteiger partial charge is 0.349 e. The number of hydrogen-bond acceptors (Lipinski definition) is 5. The lowest BCUT2D eigenvalue weighted by atomic mass is 9.91. The quantitative estimate of drug-likeness (QED) is 0.753. The molecule has 27 heavy (non-hydrogen) atoms. The van der Waals surface area contributed by atoms with E-state index in [-0.39, 0.29) is 5.41 Å². The van der Waals surface area contributed by atoms with Crippen LogP contribution in [-0.2, 0) is 25.0 Å². The Morgan fingerprint density at radius 1 is 0.926 bits per heavy atom. The normalized spacial score (nSPS) is 13.5. The number of nitrogens with one attached hydrogen (secondary N) is 1. The molecular weight excluding hydrogens is 334 g/mol. The van der Waals surface area contributed by atoms with Crippen molar-refractivity contribution in [1.82, 2.24) is 15.0 Å². The van der Waals surface area contributed by atoms with Crippen LogP contribution >= 0.6 is 0 Å². The van der Waals surface area contributed by atoms with Crippen LogP contribution in [0.2, 0.25) is 0 Å². The first-order valence-electron chi connectivity index (χ1n) is 9.34. The fourth-order valence-corrected chi connectivity index (χ4v) is 3.27. The Labute approximate surface area is 160 Å². The molecule has 0 amide bonds. The third kappa shape index (κ3) is 3.92. The number of hydrogen-bond donors (Lipinski definition) is 1. The summed E-state index contributed by atoms with van der Waals surface area (Å²) in [6, 6.07) is 16.7. The molecule has 0 spiro atoms. The van der Waals surface area contributed by atoms with E-state index >= 15 is 0 Å². The van der Waals surface area contributed by atoms with Crippen LogP contribution in [0.3, 0.4) is 0 Å². The van der Waals surface area contributed by atoms with Crippen molar-refractivity contribution in [3.05, 3.63) is 77.2 Å². The summed E-state index contributed by atoms with van der Waals surface area (Å²) < 4.78 is 0. The molecule has 2 aromatic heterocycles. The highest BCUT2D eigenvalue weighted by Crippen LogP contribution is 2.27. The molecule has 0 aliphatic carbocycles. The summed E-state index contributed by atoms with van der Waals surface area (Å²) in [5.74, 6) is 1.58. The van der Waals surface area contributed by atoms with E-state index in [1.165, 1.54) is 11.1 Å². The van der Waals surface area contributed by atoms with Crippen molar-refractivity contribution in [2.45, 2.75) is 45.8 Å². The highest BCUT2D eigenvalue weighted by Gasteiger charge is 2.20. The first kappa shape index (κ1) is 17.5. The molecule has 5 nitrogen and oxygen atoms in total. The van der Waals surface area contributed by atoms with Gasteiger partial charge in [-0.15, -0.1) is 0 Å². The Balaban J connectivity index is 1.45. The van der Waals surface area contributed by atoms with Gasteiger partial charge in [0, 0.05) is 30.4 Å². The number of benzene rings is 1. The molecule has 5 heteroatoms. The monoisotopic (exact) mass is 359 g/mol. The van der Waals surface area contributed by atoms with Gasteiger partial charge in [-0.3, -0.25) is 4.98 Å². The molecule has 3 aromatic rings. The summed E-state index contributed by atoms with van der Waals surface area (Å²) in [6.45, 7) is 8.91. The van der Waals surface area contributed by atoms with E-state index in [0.29, 0.717) is 12.5 Å². The van der Waals surface area contributed by atoms with Gasteiger partial charge in [0.05, 0.1) is 12.2 Å². The van der Waals surface area contributed by atoms with Crippen LogP contribution in [0.25, 0.3) is 0 Å². The fraction of sp³-hybridized carbons (Fsp3) is 0.318. The third-order valence-corrected chi connectivity index (χ3v) is 4.81. The predicted octanol–water partition coefficient (Wildman–Crippen LogP) is 4.30. The molecule has 0 saturated carbocycles. The van der Waals surface area contributed by atoms with E-state index < -0.39 is 0 Å². The molecule has 138 valence electrons. The van der Waals surface area contributed by atoms with Crippen LogP contribution in [0.5, 0.6) is 0 Å². The molecule has 3 heterocycles. The van der Waals surface area contributed by atoms with Gasteiger partial charge in [0.15, 0.2) is 0 Å². The van der Waals surface area contributed by atoms with Crippen molar-refractivity contribution in [2.75, 3.05) is 10.2 Å². The number of rotatable bonds is 4. The molecule has 1 aliphatic rings. The minimum atomic E-state index is 0.0389. The van der Waals surface area contributed by atoms with Gasteiger partial charge >= 0.3 is 0 Å². The zero-order chi connectivity index (χ0) is 18.9. The van der Waals surface area contributed by atoms with Gasteiger partial charge in [-0.05, 0) is 29.3 Å². The minimum absolute atomic E-state index is 0.0389. The van der Waals surface area contributed by atoms with Crippen LogP contribution in [0.15, 0.2) is 54.7 Å².